The number of anilines is 1. The maximum Gasteiger partial charge on any atom is 0.251 e. The molecule has 1 N–H and O–H groups in total. The standard InChI is InChI=1S/C29H26ClN3O3/c1-17-28-27(20-10-6-7-11-22(20)31-28)21(18-8-4-3-5-9-18)16-32(17)24-15-26(34)33(29(24)35)23-14-19(30)12-13-25(23)36-2/h3-14,17,21,24,31H,15-16H2,1-2H3. The number of carbonyl (C=O) groups is 2. The third-order valence-corrected chi connectivity index (χ3v) is 7.78. The molecule has 3 aromatic carbocycles. The van der Waals surface area contributed by atoms with Crippen molar-refractivity contribution < 1.29 is 14.3 Å². The van der Waals surface area contributed by atoms with Crippen LogP contribution >= 0.6 is 11.6 Å². The Bertz CT molecular complexity index is 1480. The summed E-state index contributed by atoms with van der Waals surface area (Å²) in [6, 6.07) is 23.0. The first kappa shape index (κ1) is 22.8. The molecule has 1 aromatic heterocycles. The number of imide groups is 1. The Hall–Kier alpha value is -3.61. The smallest absolute Gasteiger partial charge is 0.251 e. The van der Waals surface area contributed by atoms with Crippen LogP contribution in [0.2, 0.25) is 5.02 Å². The van der Waals surface area contributed by atoms with E-state index in [0.29, 0.717) is 23.0 Å². The van der Waals surface area contributed by atoms with Gasteiger partial charge in [-0.05, 0) is 42.3 Å². The molecule has 3 atom stereocenters. The van der Waals surface area contributed by atoms with Gasteiger partial charge in [-0.3, -0.25) is 14.5 Å². The molecule has 182 valence electrons. The second-order valence-corrected chi connectivity index (χ2v) is 9.87. The number of hydrogen-bond donors (Lipinski definition) is 1. The van der Waals surface area contributed by atoms with E-state index in [9.17, 15) is 9.59 Å². The summed E-state index contributed by atoms with van der Waals surface area (Å²) in [7, 11) is 1.52. The molecule has 1 fully saturated rings. The van der Waals surface area contributed by atoms with E-state index in [0.717, 1.165) is 11.2 Å². The van der Waals surface area contributed by atoms with E-state index in [2.05, 4.69) is 47.1 Å². The molecule has 3 heterocycles. The second-order valence-electron chi connectivity index (χ2n) is 9.44. The summed E-state index contributed by atoms with van der Waals surface area (Å²) >= 11 is 6.22. The quantitative estimate of drug-likeness (QED) is 0.367. The molecule has 6 nitrogen and oxygen atoms in total. The summed E-state index contributed by atoms with van der Waals surface area (Å²) in [6.45, 7) is 2.74. The van der Waals surface area contributed by atoms with E-state index in [4.69, 9.17) is 16.3 Å². The molecule has 0 bridgehead atoms. The first-order chi connectivity index (χ1) is 17.5. The zero-order chi connectivity index (χ0) is 25.0. The van der Waals surface area contributed by atoms with Gasteiger partial charge >= 0.3 is 0 Å². The average molecular weight is 500 g/mol. The van der Waals surface area contributed by atoms with Crippen LogP contribution in [-0.2, 0) is 9.59 Å². The second kappa shape index (κ2) is 8.80. The number of para-hydroxylation sites is 1. The number of ether oxygens (including phenoxy) is 1. The number of nitrogens with zero attached hydrogens (tertiary/aromatic N) is 2. The predicted octanol–water partition coefficient (Wildman–Crippen LogP) is 5.67. The zero-order valence-corrected chi connectivity index (χ0v) is 20.8. The molecule has 0 radical (unpaired) electrons. The van der Waals surface area contributed by atoms with Crippen LogP contribution in [-0.4, -0.2) is 41.4 Å². The molecule has 6 rings (SSSR count). The van der Waals surface area contributed by atoms with E-state index in [1.807, 2.05) is 24.3 Å². The van der Waals surface area contributed by atoms with Gasteiger partial charge in [-0.15, -0.1) is 0 Å². The fourth-order valence-corrected chi connectivity index (χ4v) is 6.00. The van der Waals surface area contributed by atoms with Gasteiger partial charge in [-0.25, -0.2) is 4.90 Å². The highest BCUT2D eigenvalue weighted by molar-refractivity contribution is 6.31. The third-order valence-electron chi connectivity index (χ3n) is 7.54. The molecule has 7 heteroatoms. The molecule has 1 saturated heterocycles. The lowest BCUT2D eigenvalue weighted by Gasteiger charge is -2.41. The van der Waals surface area contributed by atoms with Gasteiger partial charge in [0, 0.05) is 40.1 Å². The van der Waals surface area contributed by atoms with Crippen LogP contribution < -0.4 is 9.64 Å². The van der Waals surface area contributed by atoms with E-state index in [1.54, 1.807) is 18.2 Å². The lowest BCUT2D eigenvalue weighted by molar-refractivity contribution is -0.123. The molecular weight excluding hydrogens is 474 g/mol. The van der Waals surface area contributed by atoms with E-state index in [1.165, 1.54) is 28.5 Å². The molecule has 2 aliphatic rings. The van der Waals surface area contributed by atoms with Crippen LogP contribution in [0.25, 0.3) is 10.9 Å². The van der Waals surface area contributed by atoms with Crippen molar-refractivity contribution in [3.8, 4) is 5.75 Å². The number of hydrogen-bond acceptors (Lipinski definition) is 4. The van der Waals surface area contributed by atoms with Crippen LogP contribution in [0.5, 0.6) is 5.75 Å². The lowest BCUT2D eigenvalue weighted by atomic mass is 9.83. The predicted molar refractivity (Wildman–Crippen MR) is 141 cm³/mol. The van der Waals surface area contributed by atoms with Gasteiger partial charge < -0.3 is 9.72 Å². The van der Waals surface area contributed by atoms with Crippen LogP contribution in [0.1, 0.15) is 42.1 Å². The minimum atomic E-state index is -0.582. The zero-order valence-electron chi connectivity index (χ0n) is 20.1. The van der Waals surface area contributed by atoms with Crippen molar-refractivity contribution in [1.82, 2.24) is 9.88 Å². The number of rotatable bonds is 4. The maximum atomic E-state index is 13.8. The van der Waals surface area contributed by atoms with Gasteiger partial charge in [0.2, 0.25) is 5.91 Å². The number of amides is 2. The highest BCUT2D eigenvalue weighted by Gasteiger charge is 2.48. The van der Waals surface area contributed by atoms with Crippen molar-refractivity contribution in [2.24, 2.45) is 0 Å². The summed E-state index contributed by atoms with van der Waals surface area (Å²) in [4.78, 5) is 34.1. The molecule has 36 heavy (non-hydrogen) atoms. The fraction of sp³-hybridized carbons (Fsp3) is 0.241. The van der Waals surface area contributed by atoms with Gasteiger partial charge in [0.1, 0.15) is 5.75 Å². The molecule has 0 saturated carbocycles. The maximum absolute atomic E-state index is 13.8. The molecule has 2 amide bonds. The average Bonchev–Trinajstić information content (AvgIpc) is 3.42. The highest BCUT2D eigenvalue weighted by Crippen LogP contribution is 2.45. The van der Waals surface area contributed by atoms with E-state index >= 15 is 0 Å². The highest BCUT2D eigenvalue weighted by atomic mass is 35.5. The summed E-state index contributed by atoms with van der Waals surface area (Å²) < 4.78 is 5.44. The lowest BCUT2D eigenvalue weighted by Crippen LogP contribution is -2.47. The summed E-state index contributed by atoms with van der Waals surface area (Å²) in [6.07, 6.45) is 0.107. The Morgan fingerprint density at radius 2 is 1.75 bits per heavy atom. The summed E-state index contributed by atoms with van der Waals surface area (Å²) in [5.41, 5.74) is 5.01. The molecular formula is C29H26ClN3O3. The monoisotopic (exact) mass is 499 g/mol. The number of halogens is 1. The topological polar surface area (TPSA) is 65.6 Å². The van der Waals surface area contributed by atoms with Crippen LogP contribution in [0.4, 0.5) is 5.69 Å². The normalized spacial score (nSPS) is 22.3. The van der Waals surface area contributed by atoms with E-state index in [-0.39, 0.29) is 30.2 Å². The molecule has 4 aromatic rings. The molecule has 0 spiro atoms. The number of carbonyl (C=O) groups excluding carboxylic acids is 2. The van der Waals surface area contributed by atoms with Gasteiger partial charge in [-0.1, -0.05) is 60.1 Å². The van der Waals surface area contributed by atoms with Gasteiger partial charge in [0.15, 0.2) is 0 Å². The van der Waals surface area contributed by atoms with Gasteiger partial charge in [0.05, 0.1) is 25.3 Å². The van der Waals surface area contributed by atoms with Crippen molar-refractivity contribution in [2.45, 2.75) is 31.3 Å². The molecule has 0 aliphatic carbocycles. The van der Waals surface area contributed by atoms with Crippen LogP contribution in [0.15, 0.2) is 72.8 Å². The Kier molecular flexibility index (Phi) is 5.58. The van der Waals surface area contributed by atoms with Crippen LogP contribution in [0.3, 0.4) is 0 Å². The van der Waals surface area contributed by atoms with E-state index < -0.39 is 6.04 Å². The number of aromatic amines is 1. The SMILES string of the molecule is COc1ccc(Cl)cc1N1C(=O)CC(N2CC(c3ccccc3)c3c([nH]c4ccccc34)C2C)C1=O. The van der Waals surface area contributed by atoms with Gasteiger partial charge in [-0.2, -0.15) is 0 Å². The van der Waals surface area contributed by atoms with Crippen LogP contribution in [0, 0.1) is 0 Å². The minimum Gasteiger partial charge on any atom is -0.495 e. The summed E-state index contributed by atoms with van der Waals surface area (Å²) in [5, 5.41) is 1.64. The Labute approximate surface area is 214 Å². The number of nitrogens with one attached hydrogen (secondary N) is 1. The Balaban J connectivity index is 1.43. The number of fused-ring (bicyclic) bond motifs is 3. The van der Waals surface area contributed by atoms with Crippen molar-refractivity contribution in [3.63, 3.8) is 0 Å². The third kappa shape index (κ3) is 3.52. The first-order valence-corrected chi connectivity index (χ1v) is 12.5. The number of methoxy groups -OCH3 is 1. The summed E-state index contributed by atoms with van der Waals surface area (Å²) in [5.74, 6) is -0.00465. The van der Waals surface area contributed by atoms with Crippen molar-refractivity contribution in [1.29, 1.82) is 0 Å². The molecule has 2 aliphatic heterocycles. The first-order valence-electron chi connectivity index (χ1n) is 12.1. The Morgan fingerprint density at radius 1 is 1.00 bits per heavy atom. The van der Waals surface area contributed by atoms with Crippen molar-refractivity contribution in [2.75, 3.05) is 18.6 Å². The Morgan fingerprint density at radius 3 is 2.53 bits per heavy atom. The van der Waals surface area contributed by atoms with Crippen molar-refractivity contribution >= 4 is 40.0 Å². The van der Waals surface area contributed by atoms with Crippen molar-refractivity contribution in [3.05, 3.63) is 94.6 Å². The number of H-pyrrole nitrogens is 1. The fourth-order valence-electron chi connectivity index (χ4n) is 5.84. The largest absolute Gasteiger partial charge is 0.495 e. The number of benzene rings is 3. The number of aromatic nitrogens is 1. The van der Waals surface area contributed by atoms with Gasteiger partial charge in [0.25, 0.3) is 5.91 Å². The molecule has 3 unspecified atom stereocenters. The minimum absolute atomic E-state index is 0.0613.